The molecule has 0 saturated carbocycles. The quantitative estimate of drug-likeness (QED) is 0.807. The van der Waals surface area contributed by atoms with Gasteiger partial charge >= 0.3 is 5.69 Å². The number of anilines is 1. The van der Waals surface area contributed by atoms with Gasteiger partial charge in [-0.3, -0.25) is 4.57 Å². The molecule has 3 heterocycles. The predicted octanol–water partition coefficient (Wildman–Crippen LogP) is 2.41. The Labute approximate surface area is 151 Å². The zero-order chi connectivity index (χ0) is 18.8. The molecule has 2 aromatic heterocycles. The van der Waals surface area contributed by atoms with Crippen LogP contribution in [0.4, 0.5) is 10.3 Å². The maximum atomic E-state index is 14.3. The van der Waals surface area contributed by atoms with Crippen molar-refractivity contribution in [2.24, 2.45) is 0 Å². The largest absolute Gasteiger partial charge is 0.479 e. The van der Waals surface area contributed by atoms with Crippen LogP contribution in [-0.4, -0.2) is 38.5 Å². The fourth-order valence-electron chi connectivity index (χ4n) is 3.47. The number of aromatic nitrogens is 4. The van der Waals surface area contributed by atoms with Gasteiger partial charge in [0.25, 0.3) is 0 Å². The minimum absolute atomic E-state index is 0.00403. The zero-order valence-electron chi connectivity index (χ0n) is 15.4. The van der Waals surface area contributed by atoms with Gasteiger partial charge in [-0.15, -0.1) is 0 Å². The summed E-state index contributed by atoms with van der Waals surface area (Å²) in [7, 11) is 1.47. The molecule has 2 N–H and O–H groups in total. The maximum absolute atomic E-state index is 14.3. The monoisotopic (exact) mass is 367 g/mol. The number of hydrogen-bond donors (Lipinski definition) is 1. The van der Waals surface area contributed by atoms with Crippen molar-refractivity contribution in [2.75, 3.05) is 12.8 Å². The fourth-order valence-corrected chi connectivity index (χ4v) is 3.47. The van der Waals surface area contributed by atoms with Crippen LogP contribution >= 0.6 is 0 Å². The molecular weight excluding hydrogens is 341 g/mol. The highest BCUT2D eigenvalue weighted by Crippen LogP contribution is 2.35. The second-order valence-corrected chi connectivity index (χ2v) is 6.59. The molecule has 2 aromatic rings. The maximum Gasteiger partial charge on any atom is 0.332 e. The summed E-state index contributed by atoms with van der Waals surface area (Å²) in [4.78, 5) is 21.4. The van der Waals surface area contributed by atoms with Crippen molar-refractivity contribution < 1.29 is 13.9 Å². The molecule has 0 spiro atoms. The van der Waals surface area contributed by atoms with E-state index < -0.39 is 18.5 Å². The highest BCUT2D eigenvalue weighted by molar-refractivity contribution is 5.78. The number of fused-ring (bicyclic) bond motifs is 1. The van der Waals surface area contributed by atoms with E-state index in [1.54, 1.807) is 4.57 Å². The number of ether oxygens (including phenoxy) is 2. The van der Waals surface area contributed by atoms with Gasteiger partial charge in [-0.1, -0.05) is 26.7 Å². The Kier molecular flexibility index (Phi) is 5.45. The molecule has 9 heteroatoms. The Hall–Kier alpha value is -2.16. The van der Waals surface area contributed by atoms with E-state index in [2.05, 4.69) is 9.97 Å². The lowest BCUT2D eigenvalue weighted by Crippen LogP contribution is -2.28. The Morgan fingerprint density at radius 3 is 2.77 bits per heavy atom. The summed E-state index contributed by atoms with van der Waals surface area (Å²) < 4.78 is 28.5. The molecule has 0 radical (unpaired) electrons. The van der Waals surface area contributed by atoms with E-state index >= 15 is 0 Å². The first-order valence-corrected chi connectivity index (χ1v) is 9.13. The molecule has 0 aromatic carbocycles. The van der Waals surface area contributed by atoms with Crippen LogP contribution < -0.4 is 16.2 Å². The topological polar surface area (TPSA) is 97.2 Å². The third-order valence-corrected chi connectivity index (χ3v) is 4.74. The van der Waals surface area contributed by atoms with Gasteiger partial charge in [0.2, 0.25) is 11.8 Å². The summed E-state index contributed by atoms with van der Waals surface area (Å²) in [6.45, 7) is 4.51. The Morgan fingerprint density at radius 1 is 1.35 bits per heavy atom. The molecule has 3 rings (SSSR count). The van der Waals surface area contributed by atoms with E-state index in [9.17, 15) is 9.18 Å². The zero-order valence-corrected chi connectivity index (χ0v) is 15.4. The van der Waals surface area contributed by atoms with Crippen molar-refractivity contribution in [3.8, 4) is 5.88 Å². The van der Waals surface area contributed by atoms with Crippen molar-refractivity contribution in [1.82, 2.24) is 19.1 Å². The second kappa shape index (κ2) is 7.61. The number of halogens is 1. The summed E-state index contributed by atoms with van der Waals surface area (Å²) in [5.41, 5.74) is 6.28. The third kappa shape index (κ3) is 3.15. The number of rotatable bonds is 7. The Bertz CT molecular complexity index is 834. The molecule has 0 aliphatic carbocycles. The molecule has 1 saturated heterocycles. The van der Waals surface area contributed by atoms with E-state index in [4.69, 9.17) is 15.2 Å². The lowest BCUT2D eigenvalue weighted by molar-refractivity contribution is -0.0119. The highest BCUT2D eigenvalue weighted by atomic mass is 19.1. The molecule has 3 atom stereocenters. The van der Waals surface area contributed by atoms with Crippen molar-refractivity contribution in [1.29, 1.82) is 0 Å². The molecule has 3 unspecified atom stereocenters. The number of imidazole rings is 1. The van der Waals surface area contributed by atoms with Crippen LogP contribution in [0.1, 0.15) is 52.2 Å². The van der Waals surface area contributed by atoms with Crippen molar-refractivity contribution >= 4 is 17.1 Å². The first-order chi connectivity index (χ1) is 12.5. The third-order valence-electron chi connectivity index (χ3n) is 4.74. The molecule has 144 valence electrons. The SMILES string of the molecule is CCCCn1c(=O)n(C2CC(F)C(CCC)O2)c2nc(N)nc(OC)c21. The molecule has 1 aliphatic rings. The lowest BCUT2D eigenvalue weighted by atomic mass is 10.1. The highest BCUT2D eigenvalue weighted by Gasteiger charge is 2.38. The fraction of sp³-hybridized carbons (Fsp3) is 0.706. The average molecular weight is 367 g/mol. The molecule has 8 nitrogen and oxygen atoms in total. The van der Waals surface area contributed by atoms with Gasteiger partial charge in [0, 0.05) is 13.0 Å². The Balaban J connectivity index is 2.15. The van der Waals surface area contributed by atoms with E-state index in [0.29, 0.717) is 24.1 Å². The number of nitrogens with zero attached hydrogens (tertiary/aromatic N) is 4. The first kappa shape index (κ1) is 18.6. The average Bonchev–Trinajstić information content (AvgIpc) is 3.09. The summed E-state index contributed by atoms with van der Waals surface area (Å²) in [6.07, 6.45) is 0.941. The van der Waals surface area contributed by atoms with Crippen LogP contribution in [0.15, 0.2) is 4.79 Å². The van der Waals surface area contributed by atoms with Crippen LogP contribution in [0.25, 0.3) is 11.2 Å². The van der Waals surface area contributed by atoms with Gasteiger partial charge in [-0.05, 0) is 12.8 Å². The van der Waals surface area contributed by atoms with Crippen molar-refractivity contribution in [2.45, 2.75) is 71.0 Å². The van der Waals surface area contributed by atoms with Gasteiger partial charge in [0.05, 0.1) is 13.2 Å². The number of aryl methyl sites for hydroxylation is 1. The number of nitrogens with two attached hydrogens (primary N) is 1. The molecule has 1 fully saturated rings. The first-order valence-electron chi connectivity index (χ1n) is 9.13. The summed E-state index contributed by atoms with van der Waals surface area (Å²) in [6, 6.07) is 0. The molecule has 26 heavy (non-hydrogen) atoms. The molecule has 0 amide bonds. The summed E-state index contributed by atoms with van der Waals surface area (Å²) in [5, 5.41) is 0. The summed E-state index contributed by atoms with van der Waals surface area (Å²) in [5.74, 6) is 0.231. The number of unbranched alkanes of at least 4 members (excludes halogenated alkanes) is 1. The smallest absolute Gasteiger partial charge is 0.332 e. The van der Waals surface area contributed by atoms with E-state index in [1.807, 2.05) is 13.8 Å². The molecular formula is C17H26FN5O3. The van der Waals surface area contributed by atoms with Crippen molar-refractivity contribution in [3.05, 3.63) is 10.5 Å². The predicted molar refractivity (Wildman–Crippen MR) is 96.0 cm³/mol. The van der Waals surface area contributed by atoms with Crippen LogP contribution in [0.3, 0.4) is 0 Å². The van der Waals surface area contributed by atoms with Crippen LogP contribution in [-0.2, 0) is 11.3 Å². The molecule has 0 bridgehead atoms. The van der Waals surface area contributed by atoms with E-state index in [-0.39, 0.29) is 23.9 Å². The number of hydrogen-bond acceptors (Lipinski definition) is 6. The molecule has 1 aliphatic heterocycles. The van der Waals surface area contributed by atoms with Crippen molar-refractivity contribution in [3.63, 3.8) is 0 Å². The van der Waals surface area contributed by atoms with Crippen LogP contribution in [0.5, 0.6) is 5.88 Å². The Morgan fingerprint density at radius 2 is 2.12 bits per heavy atom. The standard InChI is InChI=1S/C17H26FN5O3/c1-4-6-8-22-13-14(20-16(19)21-15(13)25-3)23(17(22)24)12-9-10(18)11(26-12)7-5-2/h10-12H,4-9H2,1-3H3,(H2,19,20,21). The minimum Gasteiger partial charge on any atom is -0.479 e. The van der Waals surface area contributed by atoms with Gasteiger partial charge in [0.15, 0.2) is 11.2 Å². The van der Waals surface area contributed by atoms with E-state index in [1.165, 1.54) is 11.7 Å². The second-order valence-electron chi connectivity index (χ2n) is 6.59. The number of methoxy groups -OCH3 is 1. The van der Waals surface area contributed by atoms with Crippen LogP contribution in [0.2, 0.25) is 0 Å². The normalized spacial score (nSPS) is 23.0. The van der Waals surface area contributed by atoms with Crippen LogP contribution in [0, 0.1) is 0 Å². The number of nitrogen functional groups attached to an aromatic ring is 1. The van der Waals surface area contributed by atoms with Gasteiger partial charge < -0.3 is 15.2 Å². The van der Waals surface area contributed by atoms with Gasteiger partial charge in [-0.2, -0.15) is 9.97 Å². The van der Waals surface area contributed by atoms with E-state index in [0.717, 1.165) is 19.3 Å². The minimum atomic E-state index is -1.11. The lowest BCUT2D eigenvalue weighted by Gasteiger charge is -2.14. The van der Waals surface area contributed by atoms with Gasteiger partial charge in [0.1, 0.15) is 12.4 Å². The summed E-state index contributed by atoms with van der Waals surface area (Å²) >= 11 is 0. The van der Waals surface area contributed by atoms with Gasteiger partial charge in [-0.25, -0.2) is 13.8 Å². The number of alkyl halides is 1.